The van der Waals surface area contributed by atoms with Gasteiger partial charge >= 0.3 is 0 Å². The third kappa shape index (κ3) is 1.16. The number of hydrogen-bond acceptors (Lipinski definition) is 2. The van der Waals surface area contributed by atoms with E-state index in [-0.39, 0.29) is 0 Å². The Morgan fingerprint density at radius 2 is 2.29 bits per heavy atom. The van der Waals surface area contributed by atoms with Crippen LogP contribution in [0.25, 0.3) is 11.0 Å². The van der Waals surface area contributed by atoms with Gasteiger partial charge in [0.15, 0.2) is 0 Å². The van der Waals surface area contributed by atoms with Crippen molar-refractivity contribution in [3.63, 3.8) is 0 Å². The normalized spacial score (nSPS) is 10.4. The van der Waals surface area contributed by atoms with Crippen molar-refractivity contribution in [2.45, 2.75) is 20.4 Å². The Morgan fingerprint density at radius 1 is 1.50 bits per heavy atom. The third-order valence-corrected chi connectivity index (χ3v) is 2.38. The van der Waals surface area contributed by atoms with Crippen LogP contribution in [0.2, 0.25) is 0 Å². The van der Waals surface area contributed by atoms with E-state index in [4.69, 9.17) is 5.26 Å². The van der Waals surface area contributed by atoms with Gasteiger partial charge in [0.1, 0.15) is 5.82 Å². The van der Waals surface area contributed by atoms with E-state index in [1.54, 1.807) is 0 Å². The Kier molecular flexibility index (Phi) is 1.97. The molecule has 0 N–H and O–H groups in total. The second kappa shape index (κ2) is 3.15. The van der Waals surface area contributed by atoms with Crippen LogP contribution in [0.3, 0.4) is 0 Å². The summed E-state index contributed by atoms with van der Waals surface area (Å²) in [5, 5.41) is 8.75. The highest BCUT2D eigenvalue weighted by Gasteiger charge is 2.05. The molecule has 0 aliphatic heterocycles. The molecule has 0 unspecified atom stereocenters. The first-order valence-corrected chi connectivity index (χ1v) is 4.63. The smallest absolute Gasteiger partial charge is 0.106 e. The van der Waals surface area contributed by atoms with Gasteiger partial charge in [-0.05, 0) is 32.0 Å². The van der Waals surface area contributed by atoms with Gasteiger partial charge in [-0.25, -0.2) is 4.98 Å². The molecular formula is C11H11N3. The largest absolute Gasteiger partial charge is 0.329 e. The SMILES string of the molecule is CCn1c(C)nc2cc(C#N)ccc21. The average molecular weight is 185 g/mol. The van der Waals surface area contributed by atoms with Crippen LogP contribution in [-0.4, -0.2) is 9.55 Å². The zero-order valence-corrected chi connectivity index (χ0v) is 8.28. The second-order valence-corrected chi connectivity index (χ2v) is 3.22. The van der Waals surface area contributed by atoms with Crippen molar-refractivity contribution in [3.8, 4) is 6.07 Å². The maximum atomic E-state index is 8.75. The molecule has 0 saturated carbocycles. The van der Waals surface area contributed by atoms with Crippen LogP contribution < -0.4 is 0 Å². The van der Waals surface area contributed by atoms with E-state index in [1.165, 1.54) is 0 Å². The highest BCUT2D eigenvalue weighted by atomic mass is 15.1. The van der Waals surface area contributed by atoms with Gasteiger partial charge < -0.3 is 4.57 Å². The van der Waals surface area contributed by atoms with Crippen molar-refractivity contribution in [1.29, 1.82) is 5.26 Å². The fraction of sp³-hybridized carbons (Fsp3) is 0.273. The molecule has 0 radical (unpaired) electrons. The van der Waals surface area contributed by atoms with Crippen LogP contribution in [0.4, 0.5) is 0 Å². The Bertz CT molecular complexity index is 517. The van der Waals surface area contributed by atoms with E-state index >= 15 is 0 Å². The third-order valence-electron chi connectivity index (χ3n) is 2.38. The van der Waals surface area contributed by atoms with Gasteiger partial charge in [0, 0.05) is 6.54 Å². The van der Waals surface area contributed by atoms with Gasteiger partial charge in [0.25, 0.3) is 0 Å². The molecule has 3 nitrogen and oxygen atoms in total. The lowest BCUT2D eigenvalue weighted by Gasteiger charge is -2.00. The van der Waals surface area contributed by atoms with Gasteiger partial charge in [-0.1, -0.05) is 0 Å². The van der Waals surface area contributed by atoms with Gasteiger partial charge in [-0.15, -0.1) is 0 Å². The lowest BCUT2D eigenvalue weighted by atomic mass is 10.2. The topological polar surface area (TPSA) is 41.6 Å². The Balaban J connectivity index is 2.76. The number of nitriles is 1. The Labute approximate surface area is 82.6 Å². The van der Waals surface area contributed by atoms with Crippen LogP contribution >= 0.6 is 0 Å². The summed E-state index contributed by atoms with van der Waals surface area (Å²) in [6, 6.07) is 7.73. The number of aromatic nitrogens is 2. The summed E-state index contributed by atoms with van der Waals surface area (Å²) >= 11 is 0. The molecule has 3 heteroatoms. The minimum atomic E-state index is 0.665. The number of imidazole rings is 1. The van der Waals surface area contributed by atoms with E-state index in [0.29, 0.717) is 5.56 Å². The van der Waals surface area contributed by atoms with E-state index < -0.39 is 0 Å². The highest BCUT2D eigenvalue weighted by molar-refractivity contribution is 5.77. The zero-order chi connectivity index (χ0) is 10.1. The molecule has 1 aromatic carbocycles. The average Bonchev–Trinajstić information content (AvgIpc) is 2.51. The van der Waals surface area contributed by atoms with Crippen molar-refractivity contribution in [3.05, 3.63) is 29.6 Å². The number of fused-ring (bicyclic) bond motifs is 1. The molecule has 2 rings (SSSR count). The highest BCUT2D eigenvalue weighted by Crippen LogP contribution is 2.16. The van der Waals surface area contributed by atoms with E-state index in [9.17, 15) is 0 Å². The van der Waals surface area contributed by atoms with Crippen LogP contribution in [0.5, 0.6) is 0 Å². The molecule has 0 amide bonds. The van der Waals surface area contributed by atoms with Crippen LogP contribution in [0, 0.1) is 18.3 Å². The summed E-state index contributed by atoms with van der Waals surface area (Å²) in [6.07, 6.45) is 0. The molecule has 0 fully saturated rings. The standard InChI is InChI=1S/C11H11N3/c1-3-14-8(2)13-10-6-9(7-12)4-5-11(10)14/h4-6H,3H2,1-2H3. The number of nitrogens with zero attached hydrogens (tertiary/aromatic N) is 3. The minimum Gasteiger partial charge on any atom is -0.329 e. The van der Waals surface area contributed by atoms with Crippen LogP contribution in [0.15, 0.2) is 18.2 Å². The van der Waals surface area contributed by atoms with E-state index in [2.05, 4.69) is 22.5 Å². The van der Waals surface area contributed by atoms with Crippen molar-refractivity contribution in [2.24, 2.45) is 0 Å². The summed E-state index contributed by atoms with van der Waals surface area (Å²) in [4.78, 5) is 4.40. The zero-order valence-electron chi connectivity index (χ0n) is 8.28. The maximum absolute atomic E-state index is 8.75. The molecule has 1 aromatic heterocycles. The lowest BCUT2D eigenvalue weighted by Crippen LogP contribution is -1.95. The van der Waals surface area contributed by atoms with Crippen molar-refractivity contribution in [1.82, 2.24) is 9.55 Å². The van der Waals surface area contributed by atoms with Gasteiger partial charge in [0.2, 0.25) is 0 Å². The summed E-state index contributed by atoms with van der Waals surface area (Å²) in [7, 11) is 0. The van der Waals surface area contributed by atoms with E-state index in [1.807, 2.05) is 25.1 Å². The predicted octanol–water partition coefficient (Wildman–Crippen LogP) is 2.24. The lowest BCUT2D eigenvalue weighted by molar-refractivity contribution is 0.753. The first kappa shape index (κ1) is 8.76. The quantitative estimate of drug-likeness (QED) is 0.683. The maximum Gasteiger partial charge on any atom is 0.106 e. The molecule has 0 spiro atoms. The fourth-order valence-corrected chi connectivity index (χ4v) is 1.72. The number of aryl methyl sites for hydroxylation is 2. The molecule has 0 atom stereocenters. The molecule has 1 heterocycles. The molecule has 0 saturated heterocycles. The summed E-state index contributed by atoms with van der Waals surface area (Å²) in [5.41, 5.74) is 2.67. The molecular weight excluding hydrogens is 174 g/mol. The summed E-state index contributed by atoms with van der Waals surface area (Å²) < 4.78 is 2.14. The first-order chi connectivity index (χ1) is 6.76. The molecule has 0 bridgehead atoms. The fourth-order valence-electron chi connectivity index (χ4n) is 1.72. The van der Waals surface area contributed by atoms with E-state index in [0.717, 1.165) is 23.4 Å². The van der Waals surface area contributed by atoms with Gasteiger partial charge in [-0.3, -0.25) is 0 Å². The second-order valence-electron chi connectivity index (χ2n) is 3.22. The predicted molar refractivity (Wildman–Crippen MR) is 54.9 cm³/mol. The Hall–Kier alpha value is -1.82. The van der Waals surface area contributed by atoms with Crippen LogP contribution in [0.1, 0.15) is 18.3 Å². The van der Waals surface area contributed by atoms with Crippen molar-refractivity contribution in [2.75, 3.05) is 0 Å². The number of benzene rings is 1. The van der Waals surface area contributed by atoms with Gasteiger partial charge in [-0.2, -0.15) is 5.26 Å². The molecule has 0 aliphatic rings. The Morgan fingerprint density at radius 3 is 2.93 bits per heavy atom. The molecule has 2 aromatic rings. The van der Waals surface area contributed by atoms with Crippen molar-refractivity contribution >= 4 is 11.0 Å². The van der Waals surface area contributed by atoms with Crippen molar-refractivity contribution < 1.29 is 0 Å². The molecule has 14 heavy (non-hydrogen) atoms. The minimum absolute atomic E-state index is 0.665. The summed E-state index contributed by atoms with van der Waals surface area (Å²) in [5.74, 6) is 0.998. The summed E-state index contributed by atoms with van der Waals surface area (Å²) in [6.45, 7) is 4.98. The number of rotatable bonds is 1. The van der Waals surface area contributed by atoms with Gasteiger partial charge in [0.05, 0.1) is 22.7 Å². The van der Waals surface area contributed by atoms with Crippen LogP contribution in [-0.2, 0) is 6.54 Å². The number of hydrogen-bond donors (Lipinski definition) is 0. The monoisotopic (exact) mass is 185 g/mol. The first-order valence-electron chi connectivity index (χ1n) is 4.63. The molecule has 0 aliphatic carbocycles. The molecule has 70 valence electrons.